The Labute approximate surface area is 128 Å². The molecule has 1 heterocycles. The van der Waals surface area contributed by atoms with Crippen molar-refractivity contribution < 1.29 is 4.39 Å². The van der Waals surface area contributed by atoms with Crippen LogP contribution < -0.4 is 10.2 Å². The predicted molar refractivity (Wildman–Crippen MR) is 85.9 cm³/mol. The molecule has 0 aliphatic heterocycles. The highest BCUT2D eigenvalue weighted by Gasteiger charge is 2.30. The van der Waals surface area contributed by atoms with Crippen molar-refractivity contribution in [2.75, 3.05) is 18.5 Å². The molecule has 5 heteroatoms. The first-order valence-corrected chi connectivity index (χ1v) is 8.22. The first-order chi connectivity index (χ1) is 10.2. The van der Waals surface area contributed by atoms with Gasteiger partial charge in [0, 0.05) is 29.6 Å². The van der Waals surface area contributed by atoms with Crippen molar-refractivity contribution in [3.8, 4) is 0 Å². The minimum atomic E-state index is -0.208. The van der Waals surface area contributed by atoms with Crippen LogP contribution in [0.2, 0.25) is 0 Å². The van der Waals surface area contributed by atoms with E-state index in [2.05, 4.69) is 17.1 Å². The molecule has 2 aromatic rings. The van der Waals surface area contributed by atoms with Gasteiger partial charge in [-0.15, -0.1) is 0 Å². The van der Waals surface area contributed by atoms with Crippen LogP contribution in [0.25, 0.3) is 0 Å². The van der Waals surface area contributed by atoms with Crippen molar-refractivity contribution in [3.05, 3.63) is 40.7 Å². The van der Waals surface area contributed by atoms with E-state index in [1.807, 2.05) is 13.1 Å². The van der Waals surface area contributed by atoms with Gasteiger partial charge in [-0.2, -0.15) is 0 Å². The highest BCUT2D eigenvalue weighted by molar-refractivity contribution is 7.15. The van der Waals surface area contributed by atoms with Gasteiger partial charge in [-0.05, 0) is 45.0 Å². The topological polar surface area (TPSA) is 28.2 Å². The number of hydrogen-bond donors (Lipinski definition) is 1. The molecule has 0 unspecified atom stereocenters. The Hall–Kier alpha value is -1.46. The summed E-state index contributed by atoms with van der Waals surface area (Å²) in [5.74, 6) is 0.421. The van der Waals surface area contributed by atoms with Crippen LogP contribution in [0.1, 0.15) is 36.3 Å². The van der Waals surface area contributed by atoms with Crippen molar-refractivity contribution in [2.45, 2.75) is 32.2 Å². The lowest BCUT2D eigenvalue weighted by atomic mass is 10.2. The number of nitrogens with zero attached hydrogens (tertiary/aromatic N) is 2. The van der Waals surface area contributed by atoms with E-state index >= 15 is 0 Å². The molecule has 1 aromatic heterocycles. The Morgan fingerprint density at radius 2 is 2.24 bits per heavy atom. The fourth-order valence-electron chi connectivity index (χ4n) is 2.50. The Balaban J connectivity index is 1.95. The second-order valence-electron chi connectivity index (χ2n) is 5.33. The van der Waals surface area contributed by atoms with E-state index in [-0.39, 0.29) is 5.82 Å². The average molecular weight is 305 g/mol. The predicted octanol–water partition coefficient (Wildman–Crippen LogP) is 4.04. The van der Waals surface area contributed by atoms with Crippen molar-refractivity contribution >= 4 is 22.2 Å². The molecule has 3 rings (SSSR count). The zero-order valence-corrected chi connectivity index (χ0v) is 13.2. The zero-order chi connectivity index (χ0) is 14.8. The number of nitrogens with one attached hydrogen (secondary N) is 1. The maximum absolute atomic E-state index is 13.5. The largest absolute Gasteiger partial charge is 0.318 e. The third-order valence-electron chi connectivity index (χ3n) is 3.68. The maximum atomic E-state index is 13.5. The van der Waals surface area contributed by atoms with Crippen LogP contribution in [0.5, 0.6) is 0 Å². The first-order valence-electron chi connectivity index (χ1n) is 7.40. The van der Waals surface area contributed by atoms with Gasteiger partial charge in [0.1, 0.15) is 5.82 Å². The molecule has 1 saturated carbocycles. The van der Waals surface area contributed by atoms with E-state index in [0.717, 1.165) is 23.9 Å². The molecular weight excluding hydrogens is 285 g/mol. The number of benzene rings is 1. The lowest BCUT2D eigenvalue weighted by Crippen LogP contribution is -2.15. The number of aromatic nitrogens is 1. The van der Waals surface area contributed by atoms with E-state index in [1.165, 1.54) is 29.5 Å². The van der Waals surface area contributed by atoms with Gasteiger partial charge in [0.25, 0.3) is 0 Å². The smallest absolute Gasteiger partial charge is 0.190 e. The van der Waals surface area contributed by atoms with Crippen molar-refractivity contribution in [2.24, 2.45) is 0 Å². The van der Waals surface area contributed by atoms with Gasteiger partial charge in [-0.3, -0.25) is 0 Å². The van der Waals surface area contributed by atoms with Gasteiger partial charge in [0.05, 0.1) is 5.69 Å². The summed E-state index contributed by atoms with van der Waals surface area (Å²) in [6.07, 6.45) is 2.48. The first kappa shape index (κ1) is 14.5. The minimum absolute atomic E-state index is 0.208. The van der Waals surface area contributed by atoms with Gasteiger partial charge in [-0.1, -0.05) is 17.4 Å². The summed E-state index contributed by atoms with van der Waals surface area (Å²) >= 11 is 1.72. The van der Waals surface area contributed by atoms with Gasteiger partial charge in [0.15, 0.2) is 5.13 Å². The number of rotatable bonds is 6. The quantitative estimate of drug-likeness (QED) is 0.873. The molecule has 1 aliphatic carbocycles. The molecule has 1 aromatic carbocycles. The fourth-order valence-corrected chi connectivity index (χ4v) is 3.74. The third kappa shape index (κ3) is 3.09. The second kappa shape index (κ2) is 6.12. The highest BCUT2D eigenvalue weighted by atomic mass is 32.1. The van der Waals surface area contributed by atoms with E-state index in [9.17, 15) is 4.39 Å². The van der Waals surface area contributed by atoms with Gasteiger partial charge < -0.3 is 10.2 Å². The average Bonchev–Trinajstić information content (AvgIpc) is 3.23. The van der Waals surface area contributed by atoms with Crippen LogP contribution in [-0.2, 0) is 6.54 Å². The van der Waals surface area contributed by atoms with E-state index in [4.69, 9.17) is 4.98 Å². The Morgan fingerprint density at radius 1 is 1.43 bits per heavy atom. The molecule has 0 bridgehead atoms. The molecule has 0 amide bonds. The van der Waals surface area contributed by atoms with Crippen molar-refractivity contribution in [3.63, 3.8) is 0 Å². The number of anilines is 2. The lowest BCUT2D eigenvalue weighted by Gasteiger charge is -2.19. The third-order valence-corrected chi connectivity index (χ3v) is 4.78. The summed E-state index contributed by atoms with van der Waals surface area (Å²) < 4.78 is 13.5. The highest BCUT2D eigenvalue weighted by Crippen LogP contribution is 2.44. The molecule has 112 valence electrons. The van der Waals surface area contributed by atoms with E-state index in [1.54, 1.807) is 23.5 Å². The Morgan fingerprint density at radius 3 is 2.86 bits per heavy atom. The molecule has 21 heavy (non-hydrogen) atoms. The monoisotopic (exact) mass is 305 g/mol. The summed E-state index contributed by atoms with van der Waals surface area (Å²) in [5.41, 5.74) is 2.10. The van der Waals surface area contributed by atoms with Crippen LogP contribution in [0.4, 0.5) is 15.2 Å². The number of thiazole rings is 1. The Bertz CT molecular complexity index is 622. The minimum Gasteiger partial charge on any atom is -0.318 e. The number of halogens is 1. The molecule has 1 aliphatic rings. The summed E-state index contributed by atoms with van der Waals surface area (Å²) in [6.45, 7) is 3.70. The standard InChI is InChI=1S/C16H20FN3S/c1-3-20(13-6-4-5-12(17)9-13)16-19-15(11-7-8-11)14(21-16)10-18-2/h4-6,9,11,18H,3,7-8,10H2,1-2H3. The van der Waals surface area contributed by atoms with Gasteiger partial charge in [-0.25, -0.2) is 9.37 Å². The SMILES string of the molecule is CCN(c1cccc(F)c1)c1nc(C2CC2)c(CNC)s1. The molecule has 0 radical (unpaired) electrons. The van der Waals surface area contributed by atoms with Crippen molar-refractivity contribution in [1.82, 2.24) is 10.3 Å². The summed E-state index contributed by atoms with van der Waals surface area (Å²) in [5, 5.41) is 4.19. The van der Waals surface area contributed by atoms with Crippen LogP contribution >= 0.6 is 11.3 Å². The van der Waals surface area contributed by atoms with Crippen LogP contribution in [-0.4, -0.2) is 18.6 Å². The molecule has 0 atom stereocenters. The molecule has 0 saturated heterocycles. The van der Waals surface area contributed by atoms with E-state index in [0.29, 0.717) is 5.92 Å². The summed E-state index contributed by atoms with van der Waals surface area (Å²) in [4.78, 5) is 8.24. The van der Waals surface area contributed by atoms with Crippen LogP contribution in [0.15, 0.2) is 24.3 Å². The second-order valence-corrected chi connectivity index (χ2v) is 6.40. The van der Waals surface area contributed by atoms with Crippen LogP contribution in [0.3, 0.4) is 0 Å². The molecule has 1 fully saturated rings. The fraction of sp³-hybridized carbons (Fsp3) is 0.438. The molecule has 0 spiro atoms. The number of hydrogen-bond acceptors (Lipinski definition) is 4. The van der Waals surface area contributed by atoms with Crippen LogP contribution in [0, 0.1) is 5.82 Å². The Kier molecular flexibility index (Phi) is 4.22. The summed E-state index contributed by atoms with van der Waals surface area (Å²) in [6, 6.07) is 6.72. The zero-order valence-electron chi connectivity index (χ0n) is 12.4. The lowest BCUT2D eigenvalue weighted by molar-refractivity contribution is 0.627. The molecule has 3 nitrogen and oxygen atoms in total. The summed E-state index contributed by atoms with van der Waals surface area (Å²) in [7, 11) is 1.96. The molecule has 1 N–H and O–H groups in total. The van der Waals surface area contributed by atoms with Gasteiger partial charge >= 0.3 is 0 Å². The molecular formula is C16H20FN3S. The van der Waals surface area contributed by atoms with E-state index < -0.39 is 0 Å². The van der Waals surface area contributed by atoms with Crippen molar-refractivity contribution in [1.29, 1.82) is 0 Å². The van der Waals surface area contributed by atoms with Gasteiger partial charge in [0.2, 0.25) is 0 Å². The maximum Gasteiger partial charge on any atom is 0.190 e. The normalized spacial score (nSPS) is 14.4.